The second-order valence-corrected chi connectivity index (χ2v) is 4.46. The Bertz CT molecular complexity index is 665. The third kappa shape index (κ3) is 2.79. The highest BCUT2D eigenvalue weighted by Gasteiger charge is 2.25. The molecule has 0 bridgehead atoms. The van der Waals surface area contributed by atoms with Crippen LogP contribution in [0.15, 0.2) is 42.6 Å². The van der Waals surface area contributed by atoms with E-state index in [1.54, 1.807) is 36.5 Å². The number of ether oxygens (including phenoxy) is 1. The Labute approximate surface area is 121 Å². The summed E-state index contributed by atoms with van der Waals surface area (Å²) in [6.45, 7) is 0. The standard InChI is InChI=1S/C15H11ClN2O2/c1-20-14-6-5-10(16)8-11(14)15(19)12(9-17)13-4-2-3-7-18-13/h2-8,12H,1H3. The average molecular weight is 287 g/mol. The van der Waals surface area contributed by atoms with E-state index >= 15 is 0 Å². The fraction of sp³-hybridized carbons (Fsp3) is 0.133. The minimum Gasteiger partial charge on any atom is -0.496 e. The van der Waals surface area contributed by atoms with Crippen LogP contribution in [0.5, 0.6) is 5.75 Å². The number of hydrogen-bond donors (Lipinski definition) is 0. The Hall–Kier alpha value is -2.38. The van der Waals surface area contributed by atoms with Gasteiger partial charge in [0.15, 0.2) is 11.7 Å². The Morgan fingerprint density at radius 1 is 1.40 bits per heavy atom. The number of pyridine rings is 1. The molecule has 0 N–H and O–H groups in total. The molecule has 2 aromatic rings. The van der Waals surface area contributed by atoms with Gasteiger partial charge >= 0.3 is 0 Å². The van der Waals surface area contributed by atoms with E-state index in [1.807, 2.05) is 6.07 Å². The molecular formula is C15H11ClN2O2. The lowest BCUT2D eigenvalue weighted by molar-refractivity contribution is 0.0974. The molecule has 0 aliphatic rings. The number of methoxy groups -OCH3 is 1. The molecule has 1 unspecified atom stereocenters. The molecule has 0 saturated heterocycles. The van der Waals surface area contributed by atoms with E-state index in [9.17, 15) is 10.1 Å². The van der Waals surface area contributed by atoms with E-state index in [0.717, 1.165) is 0 Å². The molecule has 20 heavy (non-hydrogen) atoms. The van der Waals surface area contributed by atoms with Gasteiger partial charge in [-0.1, -0.05) is 17.7 Å². The maximum Gasteiger partial charge on any atom is 0.189 e. The highest BCUT2D eigenvalue weighted by molar-refractivity contribution is 6.31. The Kier molecular flexibility index (Phi) is 4.34. The fourth-order valence-electron chi connectivity index (χ4n) is 1.83. The van der Waals surface area contributed by atoms with Gasteiger partial charge in [-0.05, 0) is 30.3 Å². The average Bonchev–Trinajstić information content (AvgIpc) is 2.49. The first-order chi connectivity index (χ1) is 9.67. The lowest BCUT2D eigenvalue weighted by atomic mass is 9.95. The largest absolute Gasteiger partial charge is 0.496 e. The molecule has 0 aliphatic heterocycles. The summed E-state index contributed by atoms with van der Waals surface area (Å²) in [5, 5.41) is 9.67. The second kappa shape index (κ2) is 6.18. The third-order valence-electron chi connectivity index (χ3n) is 2.80. The molecule has 1 aromatic carbocycles. The zero-order chi connectivity index (χ0) is 14.5. The third-order valence-corrected chi connectivity index (χ3v) is 3.04. The summed E-state index contributed by atoms with van der Waals surface area (Å²) in [7, 11) is 1.46. The van der Waals surface area contributed by atoms with Crippen molar-refractivity contribution >= 4 is 17.4 Å². The van der Waals surface area contributed by atoms with Crippen molar-refractivity contribution in [2.45, 2.75) is 5.92 Å². The molecule has 0 aliphatic carbocycles. The van der Waals surface area contributed by atoms with Crippen LogP contribution in [0.4, 0.5) is 0 Å². The summed E-state index contributed by atoms with van der Waals surface area (Å²) in [5.41, 5.74) is 0.680. The molecule has 1 atom stereocenters. The smallest absolute Gasteiger partial charge is 0.189 e. The minimum absolute atomic E-state index is 0.275. The number of Topliss-reactive ketones (excluding diaryl/α,β-unsaturated/α-hetero) is 1. The molecule has 0 saturated carbocycles. The van der Waals surface area contributed by atoms with Crippen LogP contribution >= 0.6 is 11.6 Å². The van der Waals surface area contributed by atoms with E-state index < -0.39 is 5.92 Å². The summed E-state index contributed by atoms with van der Waals surface area (Å²) < 4.78 is 5.14. The number of nitriles is 1. The highest BCUT2D eigenvalue weighted by atomic mass is 35.5. The SMILES string of the molecule is COc1ccc(Cl)cc1C(=O)C(C#N)c1ccccn1. The number of benzene rings is 1. The van der Waals surface area contributed by atoms with Gasteiger partial charge in [0, 0.05) is 11.2 Å². The summed E-state index contributed by atoms with van der Waals surface area (Å²) in [4.78, 5) is 16.6. The van der Waals surface area contributed by atoms with Crippen LogP contribution in [-0.2, 0) is 0 Å². The number of nitrogens with zero attached hydrogens (tertiary/aromatic N) is 2. The predicted molar refractivity (Wildman–Crippen MR) is 74.9 cm³/mol. The van der Waals surface area contributed by atoms with Crippen molar-refractivity contribution in [3.05, 3.63) is 58.9 Å². The van der Waals surface area contributed by atoms with Gasteiger partial charge in [0.05, 0.1) is 24.4 Å². The summed E-state index contributed by atoms with van der Waals surface area (Å²) in [6.07, 6.45) is 1.54. The number of ketones is 1. The van der Waals surface area contributed by atoms with Crippen molar-refractivity contribution in [1.29, 1.82) is 5.26 Å². The molecule has 5 heteroatoms. The number of halogens is 1. The number of hydrogen-bond acceptors (Lipinski definition) is 4. The molecule has 0 amide bonds. The second-order valence-electron chi connectivity index (χ2n) is 4.03. The Morgan fingerprint density at radius 2 is 2.20 bits per heavy atom. The van der Waals surface area contributed by atoms with Gasteiger partial charge < -0.3 is 4.74 Å². The van der Waals surface area contributed by atoms with Crippen LogP contribution < -0.4 is 4.74 Å². The van der Waals surface area contributed by atoms with Gasteiger partial charge in [0.1, 0.15) is 5.75 Å². The van der Waals surface area contributed by atoms with E-state index in [4.69, 9.17) is 16.3 Å². The predicted octanol–water partition coefficient (Wildman–Crippen LogP) is 3.23. The van der Waals surface area contributed by atoms with Crippen LogP contribution in [0.25, 0.3) is 0 Å². The van der Waals surface area contributed by atoms with Crippen molar-refractivity contribution < 1.29 is 9.53 Å². The van der Waals surface area contributed by atoms with Crippen LogP contribution in [0.3, 0.4) is 0 Å². The molecule has 0 spiro atoms. The molecule has 100 valence electrons. The first kappa shape index (κ1) is 14.0. The lowest BCUT2D eigenvalue weighted by Gasteiger charge is -2.11. The van der Waals surface area contributed by atoms with Gasteiger partial charge in [-0.15, -0.1) is 0 Å². The van der Waals surface area contributed by atoms with E-state index in [0.29, 0.717) is 16.5 Å². The van der Waals surface area contributed by atoms with Crippen LogP contribution in [0.2, 0.25) is 5.02 Å². The molecule has 4 nitrogen and oxygen atoms in total. The fourth-order valence-corrected chi connectivity index (χ4v) is 2.01. The van der Waals surface area contributed by atoms with Crippen LogP contribution in [0.1, 0.15) is 22.0 Å². The zero-order valence-corrected chi connectivity index (χ0v) is 11.5. The highest BCUT2D eigenvalue weighted by Crippen LogP contribution is 2.28. The summed E-state index contributed by atoms with van der Waals surface area (Å²) in [5.74, 6) is -0.982. The Morgan fingerprint density at radius 3 is 2.80 bits per heavy atom. The summed E-state index contributed by atoms with van der Waals surface area (Å²) >= 11 is 5.91. The van der Waals surface area contributed by atoms with Crippen molar-refractivity contribution in [3.63, 3.8) is 0 Å². The maximum absolute atomic E-state index is 12.5. The van der Waals surface area contributed by atoms with E-state index in [1.165, 1.54) is 13.2 Å². The molecule has 1 heterocycles. The molecule has 0 fully saturated rings. The first-order valence-electron chi connectivity index (χ1n) is 5.85. The quantitative estimate of drug-likeness (QED) is 0.810. The van der Waals surface area contributed by atoms with Gasteiger partial charge in [-0.2, -0.15) is 5.26 Å². The van der Waals surface area contributed by atoms with E-state index in [2.05, 4.69) is 4.98 Å². The van der Waals surface area contributed by atoms with Crippen molar-refractivity contribution in [2.24, 2.45) is 0 Å². The van der Waals surface area contributed by atoms with Gasteiger partial charge in [0.25, 0.3) is 0 Å². The van der Waals surface area contributed by atoms with Gasteiger partial charge in [-0.25, -0.2) is 0 Å². The lowest BCUT2D eigenvalue weighted by Crippen LogP contribution is -2.13. The van der Waals surface area contributed by atoms with Gasteiger partial charge in [0.2, 0.25) is 0 Å². The van der Waals surface area contributed by atoms with Crippen LogP contribution in [-0.4, -0.2) is 17.9 Å². The minimum atomic E-state index is -0.983. The topological polar surface area (TPSA) is 63.0 Å². The van der Waals surface area contributed by atoms with Crippen LogP contribution in [0, 0.1) is 11.3 Å². The van der Waals surface area contributed by atoms with Crippen molar-refractivity contribution in [1.82, 2.24) is 4.98 Å². The molecule has 0 radical (unpaired) electrons. The number of carbonyl (C=O) groups excluding carboxylic acids is 1. The van der Waals surface area contributed by atoms with Crippen molar-refractivity contribution in [2.75, 3.05) is 7.11 Å². The van der Waals surface area contributed by atoms with Crippen molar-refractivity contribution in [3.8, 4) is 11.8 Å². The maximum atomic E-state index is 12.5. The molecule has 2 rings (SSSR count). The molecular weight excluding hydrogens is 276 g/mol. The normalized spacial score (nSPS) is 11.4. The summed E-state index contributed by atoms with van der Waals surface area (Å²) in [6, 6.07) is 11.8. The zero-order valence-electron chi connectivity index (χ0n) is 10.7. The Balaban J connectivity index is 2.45. The number of aromatic nitrogens is 1. The van der Waals surface area contributed by atoms with E-state index in [-0.39, 0.29) is 11.3 Å². The first-order valence-corrected chi connectivity index (χ1v) is 6.23. The number of carbonyl (C=O) groups is 1. The monoisotopic (exact) mass is 286 g/mol. The molecule has 1 aromatic heterocycles. The van der Waals surface area contributed by atoms with Gasteiger partial charge in [-0.3, -0.25) is 9.78 Å². The number of rotatable bonds is 4.